The van der Waals surface area contributed by atoms with E-state index in [4.69, 9.17) is 19.6 Å². The SMILES string of the molecule is Cn1c(=O)n(C)c2cc(CCC(O)(P(=O)(O)O)P(=O)(O)O)ccc21. The Labute approximate surface area is 136 Å². The molecule has 0 amide bonds. The highest BCUT2D eigenvalue weighted by Gasteiger charge is 2.58. The summed E-state index contributed by atoms with van der Waals surface area (Å²) in [5.41, 5.74) is 1.38. The molecule has 0 spiro atoms. The Bertz CT molecular complexity index is 912. The third-order valence-electron chi connectivity index (χ3n) is 4.02. The molecule has 1 aromatic carbocycles. The van der Waals surface area contributed by atoms with Crippen LogP contribution in [0.1, 0.15) is 12.0 Å². The lowest BCUT2D eigenvalue weighted by Gasteiger charge is -2.29. The Morgan fingerprint density at radius 3 is 2.00 bits per heavy atom. The molecule has 1 heterocycles. The topological polar surface area (TPSA) is 162 Å². The van der Waals surface area contributed by atoms with Crippen LogP contribution in [0.5, 0.6) is 0 Å². The number of imidazole rings is 1. The molecule has 0 unspecified atom stereocenters. The second kappa shape index (κ2) is 5.93. The first-order valence-corrected chi connectivity index (χ1v) is 10.00. The van der Waals surface area contributed by atoms with E-state index < -0.39 is 26.7 Å². The first-order chi connectivity index (χ1) is 10.8. The van der Waals surface area contributed by atoms with Crippen molar-refractivity contribution in [2.75, 3.05) is 0 Å². The van der Waals surface area contributed by atoms with Gasteiger partial charge in [-0.3, -0.25) is 18.3 Å². The lowest BCUT2D eigenvalue weighted by atomic mass is 10.1. The predicted octanol–water partition coefficient (Wildman–Crippen LogP) is -0.189. The fraction of sp³-hybridized carbons (Fsp3) is 0.417. The highest BCUT2D eigenvalue weighted by Crippen LogP contribution is 2.69. The van der Waals surface area contributed by atoms with Crippen LogP contribution in [0.4, 0.5) is 0 Å². The van der Waals surface area contributed by atoms with Gasteiger partial charge in [-0.25, -0.2) is 4.79 Å². The molecule has 0 saturated heterocycles. The number of aromatic nitrogens is 2. The van der Waals surface area contributed by atoms with E-state index in [1.807, 2.05) is 0 Å². The summed E-state index contributed by atoms with van der Waals surface area (Å²) in [5.74, 6) is 0. The largest absolute Gasteiger partial charge is 0.369 e. The van der Waals surface area contributed by atoms with Crippen molar-refractivity contribution in [3.8, 4) is 0 Å². The smallest absolute Gasteiger partial charge is 0.368 e. The molecule has 2 rings (SSSR count). The maximum atomic E-state index is 11.9. The lowest BCUT2D eigenvalue weighted by molar-refractivity contribution is 0.123. The second-order valence-corrected chi connectivity index (χ2v) is 9.59. The number of rotatable bonds is 5. The molecule has 0 aliphatic rings. The minimum Gasteiger partial charge on any atom is -0.368 e. The molecule has 134 valence electrons. The quantitative estimate of drug-likeness (QED) is 0.446. The summed E-state index contributed by atoms with van der Waals surface area (Å²) in [5, 5.41) is 6.43. The fourth-order valence-corrected chi connectivity index (χ4v) is 4.64. The summed E-state index contributed by atoms with van der Waals surface area (Å²) < 4.78 is 25.5. The second-order valence-electron chi connectivity index (χ2n) is 5.59. The van der Waals surface area contributed by atoms with Crippen molar-refractivity contribution in [1.29, 1.82) is 0 Å². The molecule has 0 atom stereocenters. The maximum Gasteiger partial charge on any atom is 0.369 e. The molecule has 0 aliphatic heterocycles. The number of hydrogen-bond acceptors (Lipinski definition) is 4. The zero-order valence-corrected chi connectivity index (χ0v) is 14.7. The number of aryl methyl sites for hydroxylation is 3. The van der Waals surface area contributed by atoms with Crippen molar-refractivity contribution in [1.82, 2.24) is 9.13 Å². The molecule has 2 aromatic rings. The zero-order valence-electron chi connectivity index (χ0n) is 12.9. The van der Waals surface area contributed by atoms with Crippen molar-refractivity contribution >= 4 is 26.2 Å². The van der Waals surface area contributed by atoms with E-state index in [-0.39, 0.29) is 12.1 Å². The first kappa shape index (κ1) is 19.1. The highest BCUT2D eigenvalue weighted by molar-refractivity contribution is 7.72. The minimum absolute atomic E-state index is 0.203. The highest BCUT2D eigenvalue weighted by atomic mass is 31.2. The molecule has 1 aromatic heterocycles. The molecule has 12 heteroatoms. The van der Waals surface area contributed by atoms with E-state index in [9.17, 15) is 19.0 Å². The van der Waals surface area contributed by atoms with Crippen LogP contribution < -0.4 is 5.69 Å². The lowest BCUT2D eigenvalue weighted by Crippen LogP contribution is -2.29. The summed E-state index contributed by atoms with van der Waals surface area (Å²) in [6, 6.07) is 4.73. The van der Waals surface area contributed by atoms with Gasteiger partial charge in [-0.15, -0.1) is 0 Å². The minimum atomic E-state index is -5.47. The van der Waals surface area contributed by atoms with Gasteiger partial charge < -0.3 is 24.7 Å². The molecule has 0 radical (unpaired) electrons. The average Bonchev–Trinajstić information content (AvgIpc) is 2.67. The van der Waals surface area contributed by atoms with Crippen LogP contribution in [0.15, 0.2) is 23.0 Å². The summed E-state index contributed by atoms with van der Waals surface area (Å²) >= 11 is 0. The first-order valence-electron chi connectivity index (χ1n) is 6.77. The van der Waals surface area contributed by atoms with E-state index in [1.54, 1.807) is 32.3 Å². The van der Waals surface area contributed by atoms with Gasteiger partial charge in [-0.1, -0.05) is 6.07 Å². The number of benzene rings is 1. The molecule has 0 saturated carbocycles. The maximum absolute atomic E-state index is 11.9. The van der Waals surface area contributed by atoms with E-state index in [2.05, 4.69) is 0 Å². The van der Waals surface area contributed by atoms with Crippen molar-refractivity contribution < 1.29 is 33.8 Å². The van der Waals surface area contributed by atoms with Crippen LogP contribution in [-0.2, 0) is 29.6 Å². The third-order valence-corrected chi connectivity index (χ3v) is 7.89. The molecule has 0 fully saturated rings. The number of nitrogens with zero attached hydrogens (tertiary/aromatic N) is 2. The zero-order chi connectivity index (χ0) is 18.5. The van der Waals surface area contributed by atoms with Gasteiger partial charge in [-0.05, 0) is 24.1 Å². The summed E-state index contributed by atoms with van der Waals surface area (Å²) in [7, 11) is -7.81. The van der Waals surface area contributed by atoms with Crippen LogP contribution in [0.2, 0.25) is 0 Å². The van der Waals surface area contributed by atoms with Gasteiger partial charge in [0.05, 0.1) is 11.0 Å². The molecule has 5 N–H and O–H groups in total. The van der Waals surface area contributed by atoms with Crippen LogP contribution in [0.3, 0.4) is 0 Å². The molecule has 10 nitrogen and oxygen atoms in total. The predicted molar refractivity (Wildman–Crippen MR) is 85.5 cm³/mol. The van der Waals surface area contributed by atoms with Crippen LogP contribution in [0, 0.1) is 0 Å². The summed E-state index contributed by atoms with van der Waals surface area (Å²) in [6.45, 7) is 0. The van der Waals surface area contributed by atoms with E-state index in [1.165, 1.54) is 9.13 Å². The summed E-state index contributed by atoms with van der Waals surface area (Å²) in [4.78, 5) is 48.4. The van der Waals surface area contributed by atoms with Gasteiger partial charge in [0.25, 0.3) is 5.08 Å². The Morgan fingerprint density at radius 2 is 1.50 bits per heavy atom. The van der Waals surface area contributed by atoms with E-state index in [0.717, 1.165) is 0 Å². The Kier molecular flexibility index (Phi) is 4.71. The van der Waals surface area contributed by atoms with Crippen LogP contribution in [-0.4, -0.2) is 38.9 Å². The van der Waals surface area contributed by atoms with Crippen LogP contribution >= 0.6 is 15.2 Å². The van der Waals surface area contributed by atoms with E-state index in [0.29, 0.717) is 16.6 Å². The normalized spacial score (nSPS) is 13.6. The van der Waals surface area contributed by atoms with Gasteiger partial charge in [-0.2, -0.15) is 0 Å². The monoisotopic (exact) mass is 380 g/mol. The van der Waals surface area contributed by atoms with Gasteiger partial charge in [0, 0.05) is 20.5 Å². The standard InChI is InChI=1S/C12H18N2O8P2/c1-13-9-4-3-8(7-10(9)14(2)11(13)15)5-6-12(16,23(17,18)19)24(20,21)22/h3-4,7,16H,5-6H2,1-2H3,(H2,17,18,19)(H2,20,21,22). The van der Waals surface area contributed by atoms with E-state index >= 15 is 0 Å². The van der Waals surface area contributed by atoms with Crippen molar-refractivity contribution in [2.24, 2.45) is 14.1 Å². The van der Waals surface area contributed by atoms with Gasteiger partial charge in [0.1, 0.15) is 0 Å². The fourth-order valence-electron chi connectivity index (χ4n) is 2.48. The van der Waals surface area contributed by atoms with Gasteiger partial charge in [0.2, 0.25) is 0 Å². The molecule has 0 aliphatic carbocycles. The Hall–Kier alpha value is -1.25. The molecular formula is C12H18N2O8P2. The Morgan fingerprint density at radius 1 is 1.00 bits per heavy atom. The number of fused-ring (bicyclic) bond motifs is 1. The average molecular weight is 380 g/mol. The van der Waals surface area contributed by atoms with Gasteiger partial charge in [0.15, 0.2) is 0 Å². The molecular weight excluding hydrogens is 362 g/mol. The van der Waals surface area contributed by atoms with Crippen LogP contribution in [0.25, 0.3) is 11.0 Å². The number of aliphatic hydroxyl groups is 1. The Balaban J connectivity index is 2.40. The molecule has 24 heavy (non-hydrogen) atoms. The third kappa shape index (κ3) is 3.02. The van der Waals surface area contributed by atoms with Crippen molar-refractivity contribution in [2.45, 2.75) is 17.9 Å². The number of hydrogen-bond donors (Lipinski definition) is 5. The van der Waals surface area contributed by atoms with Gasteiger partial charge >= 0.3 is 20.9 Å². The van der Waals surface area contributed by atoms with Crippen molar-refractivity contribution in [3.05, 3.63) is 34.2 Å². The summed E-state index contributed by atoms with van der Waals surface area (Å²) in [6.07, 6.45) is -1.04. The van der Waals surface area contributed by atoms with Crippen molar-refractivity contribution in [3.63, 3.8) is 0 Å². The molecule has 0 bridgehead atoms.